The van der Waals surface area contributed by atoms with Crippen molar-refractivity contribution in [2.75, 3.05) is 28.4 Å². The summed E-state index contributed by atoms with van der Waals surface area (Å²) in [7, 11) is 6.52. The smallest absolute Gasteiger partial charge is 0.161 e. The van der Waals surface area contributed by atoms with Crippen molar-refractivity contribution in [2.24, 2.45) is 0 Å². The van der Waals surface area contributed by atoms with Gasteiger partial charge in [0, 0.05) is 0 Å². The molecule has 0 aliphatic heterocycles. The van der Waals surface area contributed by atoms with Crippen LogP contribution >= 0.6 is 31.9 Å². The number of hydrogen-bond donors (Lipinski definition) is 0. The van der Waals surface area contributed by atoms with Gasteiger partial charge in [-0.15, -0.1) is 5.10 Å². The Morgan fingerprint density at radius 2 is 1.32 bits per heavy atom. The molecular formula is C28H25Br2N3O5. The zero-order chi connectivity index (χ0) is 26.8. The number of methoxy groups -OCH3 is 4. The summed E-state index contributed by atoms with van der Waals surface area (Å²) in [5, 5.41) is 12.7. The second-order valence-corrected chi connectivity index (χ2v) is 10.2. The number of aromatic nitrogens is 3. The molecule has 38 heavy (non-hydrogen) atoms. The molecule has 0 aliphatic carbocycles. The van der Waals surface area contributed by atoms with Gasteiger partial charge in [0.25, 0.3) is 0 Å². The number of fused-ring (bicyclic) bond motifs is 3. The third-order valence-corrected chi connectivity index (χ3v) is 7.50. The number of para-hydroxylation sites is 1. The average Bonchev–Trinajstić information content (AvgIpc) is 3.38. The summed E-state index contributed by atoms with van der Waals surface area (Å²) in [5.74, 6) is 3.32. The molecule has 5 aromatic rings. The molecule has 4 aromatic carbocycles. The lowest BCUT2D eigenvalue weighted by Crippen LogP contribution is -2.02. The van der Waals surface area contributed by atoms with Gasteiger partial charge in [0.2, 0.25) is 0 Å². The highest BCUT2D eigenvalue weighted by molar-refractivity contribution is 9.11. The van der Waals surface area contributed by atoms with Gasteiger partial charge in [-0.3, -0.25) is 0 Å². The van der Waals surface area contributed by atoms with Gasteiger partial charge in [-0.1, -0.05) is 11.3 Å². The van der Waals surface area contributed by atoms with Crippen molar-refractivity contribution in [3.05, 3.63) is 74.9 Å². The highest BCUT2D eigenvalue weighted by Crippen LogP contribution is 2.41. The van der Waals surface area contributed by atoms with Crippen LogP contribution in [0.4, 0.5) is 0 Å². The summed E-state index contributed by atoms with van der Waals surface area (Å²) in [4.78, 5) is 0. The fourth-order valence-electron chi connectivity index (χ4n) is 4.43. The van der Waals surface area contributed by atoms with Crippen molar-refractivity contribution in [3.8, 4) is 28.7 Å². The van der Waals surface area contributed by atoms with E-state index in [9.17, 15) is 0 Å². The summed E-state index contributed by atoms with van der Waals surface area (Å²) >= 11 is 7.04. The molecule has 10 heteroatoms. The van der Waals surface area contributed by atoms with Crippen molar-refractivity contribution in [1.29, 1.82) is 0 Å². The fourth-order valence-corrected chi connectivity index (χ4v) is 5.66. The van der Waals surface area contributed by atoms with Crippen molar-refractivity contribution in [2.45, 2.75) is 13.2 Å². The first-order chi connectivity index (χ1) is 18.4. The lowest BCUT2D eigenvalue weighted by molar-refractivity contribution is 0.297. The Morgan fingerprint density at radius 1 is 0.737 bits per heavy atom. The minimum Gasteiger partial charge on any atom is -0.493 e. The molecule has 0 saturated heterocycles. The van der Waals surface area contributed by atoms with Crippen molar-refractivity contribution < 1.29 is 23.7 Å². The maximum Gasteiger partial charge on any atom is 0.161 e. The molecule has 196 valence electrons. The number of ether oxygens (including phenoxy) is 5. The monoisotopic (exact) mass is 641 g/mol. The third-order valence-electron chi connectivity index (χ3n) is 6.25. The molecule has 0 spiro atoms. The number of rotatable bonds is 9. The van der Waals surface area contributed by atoms with E-state index in [4.69, 9.17) is 23.7 Å². The first-order valence-electron chi connectivity index (χ1n) is 11.6. The van der Waals surface area contributed by atoms with E-state index in [2.05, 4.69) is 48.2 Å². The molecule has 0 unspecified atom stereocenters. The van der Waals surface area contributed by atoms with E-state index in [-0.39, 0.29) is 6.61 Å². The summed E-state index contributed by atoms with van der Waals surface area (Å²) in [5.41, 5.74) is 1.75. The van der Waals surface area contributed by atoms with E-state index in [1.165, 1.54) is 0 Å². The molecule has 0 fully saturated rings. The maximum atomic E-state index is 5.98. The van der Waals surface area contributed by atoms with Gasteiger partial charge in [0.05, 0.1) is 50.1 Å². The van der Waals surface area contributed by atoms with Crippen LogP contribution in [-0.4, -0.2) is 43.4 Å². The van der Waals surface area contributed by atoms with Crippen molar-refractivity contribution >= 4 is 53.4 Å². The van der Waals surface area contributed by atoms with Crippen LogP contribution in [0.15, 0.2) is 63.7 Å². The molecule has 1 heterocycles. The third kappa shape index (κ3) is 4.98. The predicted octanol–water partition coefficient (Wildman–Crippen LogP) is 6.77. The Balaban J connectivity index is 1.55. The fraction of sp³-hybridized carbons (Fsp3) is 0.214. The molecule has 0 atom stereocenters. The van der Waals surface area contributed by atoms with Gasteiger partial charge in [0.1, 0.15) is 18.1 Å². The molecular weight excluding hydrogens is 618 g/mol. The van der Waals surface area contributed by atoms with Crippen molar-refractivity contribution in [1.82, 2.24) is 15.0 Å². The minimum absolute atomic E-state index is 0.279. The van der Waals surface area contributed by atoms with E-state index >= 15 is 0 Å². The Hall–Kier alpha value is -3.50. The first-order valence-corrected chi connectivity index (χ1v) is 13.2. The van der Waals surface area contributed by atoms with Crippen LogP contribution in [0, 0.1) is 0 Å². The minimum atomic E-state index is 0.279. The van der Waals surface area contributed by atoms with Crippen LogP contribution in [0.1, 0.15) is 11.3 Å². The van der Waals surface area contributed by atoms with E-state index in [0.29, 0.717) is 41.0 Å². The van der Waals surface area contributed by atoms with Gasteiger partial charge < -0.3 is 23.7 Å². The summed E-state index contributed by atoms with van der Waals surface area (Å²) < 4.78 is 31.9. The zero-order valence-electron chi connectivity index (χ0n) is 21.2. The summed E-state index contributed by atoms with van der Waals surface area (Å²) in [6.07, 6.45) is 1.89. The average molecular weight is 643 g/mol. The number of hydrogen-bond acceptors (Lipinski definition) is 7. The quantitative estimate of drug-likeness (QED) is 0.164. The molecule has 0 radical (unpaired) electrons. The van der Waals surface area contributed by atoms with Gasteiger partial charge in [-0.2, -0.15) is 0 Å². The van der Waals surface area contributed by atoms with Crippen LogP contribution in [-0.2, 0) is 13.2 Å². The number of nitrogens with zero attached hydrogens (tertiary/aromatic N) is 3. The molecule has 0 aliphatic rings. The number of halogens is 2. The largest absolute Gasteiger partial charge is 0.493 e. The Morgan fingerprint density at radius 3 is 1.95 bits per heavy atom. The lowest BCUT2D eigenvalue weighted by Gasteiger charge is -2.16. The van der Waals surface area contributed by atoms with Gasteiger partial charge in [-0.05, 0) is 101 Å². The Bertz CT molecular complexity index is 1620. The first kappa shape index (κ1) is 26.1. The molecule has 0 amide bonds. The van der Waals surface area contributed by atoms with Gasteiger partial charge in [0.15, 0.2) is 23.0 Å². The topological polar surface area (TPSA) is 76.9 Å². The molecule has 5 rings (SSSR count). The van der Waals surface area contributed by atoms with Gasteiger partial charge >= 0.3 is 0 Å². The van der Waals surface area contributed by atoms with Crippen LogP contribution < -0.4 is 23.7 Å². The van der Waals surface area contributed by atoms with Gasteiger partial charge in [-0.25, -0.2) is 4.68 Å². The molecule has 0 N–H and O–H groups in total. The Kier molecular flexibility index (Phi) is 7.62. The normalized spacial score (nSPS) is 11.1. The summed E-state index contributed by atoms with van der Waals surface area (Å²) in [6, 6.07) is 15.8. The molecule has 0 bridgehead atoms. The lowest BCUT2D eigenvalue weighted by atomic mass is 9.96. The van der Waals surface area contributed by atoms with E-state index in [0.717, 1.165) is 36.1 Å². The zero-order valence-corrected chi connectivity index (χ0v) is 24.4. The van der Waals surface area contributed by atoms with Crippen LogP contribution in [0.3, 0.4) is 0 Å². The SMILES string of the molecule is COc1cc2cc(Cn3cc(COc4c(Br)cccc4Br)nn3)c3cc(OC)c(OC)cc3c2cc1OC. The van der Waals surface area contributed by atoms with Crippen LogP contribution in [0.25, 0.3) is 21.5 Å². The maximum absolute atomic E-state index is 5.98. The number of benzene rings is 4. The molecule has 0 saturated carbocycles. The second-order valence-electron chi connectivity index (χ2n) is 8.46. The van der Waals surface area contributed by atoms with Crippen LogP contribution in [0.2, 0.25) is 0 Å². The molecule has 1 aromatic heterocycles. The van der Waals surface area contributed by atoms with E-state index < -0.39 is 0 Å². The predicted molar refractivity (Wildman–Crippen MR) is 153 cm³/mol. The standard InChI is InChI=1S/C28H25Br2N3O5/c1-34-24-9-16-8-17(13-33-14-18(31-32-33)15-38-28-22(29)6-5-7-23(28)30)20-11-26(36-3)27(37-4)12-21(20)19(16)10-25(24)35-2/h5-12,14H,13,15H2,1-4H3. The Labute approximate surface area is 236 Å². The highest BCUT2D eigenvalue weighted by atomic mass is 79.9. The van der Waals surface area contributed by atoms with Crippen LogP contribution in [0.5, 0.6) is 28.7 Å². The summed E-state index contributed by atoms with van der Waals surface area (Å²) in [6.45, 7) is 0.768. The molecule has 8 nitrogen and oxygen atoms in total. The second kappa shape index (κ2) is 11.1. The van der Waals surface area contributed by atoms with E-state index in [1.54, 1.807) is 33.1 Å². The van der Waals surface area contributed by atoms with Crippen molar-refractivity contribution in [3.63, 3.8) is 0 Å². The highest BCUT2D eigenvalue weighted by Gasteiger charge is 2.16. The van der Waals surface area contributed by atoms with E-state index in [1.807, 2.05) is 48.7 Å².